The molecule has 0 atom stereocenters. The highest BCUT2D eigenvalue weighted by atomic mass is 127. The predicted octanol–water partition coefficient (Wildman–Crippen LogP) is 3.13. The Hall–Kier alpha value is -2.62. The summed E-state index contributed by atoms with van der Waals surface area (Å²) in [5.41, 5.74) is 3.75. The lowest BCUT2D eigenvalue weighted by molar-refractivity contribution is -0.117. The van der Waals surface area contributed by atoms with Gasteiger partial charge in [-0.15, -0.1) is 24.0 Å². The van der Waals surface area contributed by atoms with Gasteiger partial charge in [-0.25, -0.2) is 4.79 Å². The highest BCUT2D eigenvalue weighted by Crippen LogP contribution is 2.21. The molecule has 0 unspecified atom stereocenters. The zero-order valence-corrected chi connectivity index (χ0v) is 20.2. The summed E-state index contributed by atoms with van der Waals surface area (Å²) in [4.78, 5) is 29.4. The maximum absolute atomic E-state index is 11.8. The zero-order chi connectivity index (χ0) is 21.3. The van der Waals surface area contributed by atoms with E-state index in [0.29, 0.717) is 25.1 Å². The first-order valence-corrected chi connectivity index (χ1v) is 10.1. The fourth-order valence-corrected chi connectivity index (χ4v) is 3.37. The van der Waals surface area contributed by atoms with Crippen molar-refractivity contribution in [1.82, 2.24) is 10.6 Å². The minimum absolute atomic E-state index is 0. The number of benzene rings is 2. The number of carbonyl (C=O) groups is 2. The van der Waals surface area contributed by atoms with E-state index >= 15 is 0 Å². The third kappa shape index (κ3) is 6.95. The van der Waals surface area contributed by atoms with Crippen molar-refractivity contribution in [2.45, 2.75) is 25.8 Å². The molecular formula is C23H29IN4O3. The molecule has 3 rings (SSSR count). The van der Waals surface area contributed by atoms with Gasteiger partial charge in [0.25, 0.3) is 0 Å². The summed E-state index contributed by atoms with van der Waals surface area (Å²) in [5, 5.41) is 6.59. The fraction of sp³-hybridized carbons (Fsp3) is 0.348. The summed E-state index contributed by atoms with van der Waals surface area (Å²) in [6.45, 7) is 2.16. The molecule has 0 radical (unpaired) electrons. The van der Waals surface area contributed by atoms with Gasteiger partial charge in [0.15, 0.2) is 5.96 Å². The summed E-state index contributed by atoms with van der Waals surface area (Å²) in [7, 11) is 3.12. The number of hydrogen-bond acceptors (Lipinski definition) is 4. The number of guanidine groups is 1. The molecule has 166 valence electrons. The van der Waals surface area contributed by atoms with Crippen molar-refractivity contribution < 1.29 is 14.3 Å². The summed E-state index contributed by atoms with van der Waals surface area (Å²) in [6, 6.07) is 15.5. The lowest BCUT2D eigenvalue weighted by Gasteiger charge is -2.16. The number of nitrogens with zero attached hydrogens (tertiary/aromatic N) is 2. The molecule has 1 fully saturated rings. The number of hydrogen-bond donors (Lipinski definition) is 2. The molecule has 1 saturated heterocycles. The van der Waals surface area contributed by atoms with Crippen molar-refractivity contribution in [3.05, 3.63) is 65.2 Å². The van der Waals surface area contributed by atoms with Crippen molar-refractivity contribution in [3.63, 3.8) is 0 Å². The standard InChI is InChI=1S/C23H28N4O3.HI/c1-24-23(25-14-13-17-5-9-19(10-6-17)22(29)30-2)26-16-18-7-11-20(12-8-18)27-15-3-4-21(27)28;/h5-12H,3-4,13-16H2,1-2H3,(H2,24,25,26);1H. The van der Waals surface area contributed by atoms with Crippen LogP contribution in [0.3, 0.4) is 0 Å². The molecule has 0 bridgehead atoms. The van der Waals surface area contributed by atoms with Gasteiger partial charge in [0.05, 0.1) is 12.7 Å². The second kappa shape index (κ2) is 12.3. The van der Waals surface area contributed by atoms with Crippen LogP contribution in [0.4, 0.5) is 5.69 Å². The van der Waals surface area contributed by atoms with E-state index in [4.69, 9.17) is 4.74 Å². The topological polar surface area (TPSA) is 83.0 Å². The molecule has 2 aromatic rings. The Labute approximate surface area is 200 Å². The average Bonchev–Trinajstić information content (AvgIpc) is 3.22. The van der Waals surface area contributed by atoms with Crippen LogP contribution < -0.4 is 15.5 Å². The average molecular weight is 536 g/mol. The van der Waals surface area contributed by atoms with Gasteiger partial charge in [0, 0.05) is 38.8 Å². The number of amides is 1. The van der Waals surface area contributed by atoms with Crippen LogP contribution >= 0.6 is 24.0 Å². The minimum Gasteiger partial charge on any atom is -0.465 e. The van der Waals surface area contributed by atoms with E-state index in [2.05, 4.69) is 15.6 Å². The molecule has 31 heavy (non-hydrogen) atoms. The number of esters is 1. The quantitative estimate of drug-likeness (QED) is 0.246. The summed E-state index contributed by atoms with van der Waals surface area (Å²) < 4.78 is 4.71. The van der Waals surface area contributed by atoms with E-state index in [1.54, 1.807) is 19.2 Å². The third-order valence-corrected chi connectivity index (χ3v) is 5.09. The Morgan fingerprint density at radius 1 is 1.06 bits per heavy atom. The monoisotopic (exact) mass is 536 g/mol. The molecule has 8 heteroatoms. The number of aliphatic imine (C=N–C) groups is 1. The van der Waals surface area contributed by atoms with Gasteiger partial charge in [-0.1, -0.05) is 24.3 Å². The van der Waals surface area contributed by atoms with E-state index in [-0.39, 0.29) is 35.9 Å². The predicted molar refractivity (Wildman–Crippen MR) is 133 cm³/mol. The van der Waals surface area contributed by atoms with Gasteiger partial charge in [0.1, 0.15) is 0 Å². The van der Waals surface area contributed by atoms with Gasteiger partial charge < -0.3 is 20.3 Å². The number of carbonyl (C=O) groups excluding carboxylic acids is 2. The van der Waals surface area contributed by atoms with Gasteiger partial charge in [-0.3, -0.25) is 9.79 Å². The molecule has 1 aliphatic heterocycles. The molecule has 1 aliphatic rings. The molecular weight excluding hydrogens is 507 g/mol. The SMILES string of the molecule is CN=C(NCCc1ccc(C(=O)OC)cc1)NCc1ccc(N2CCCC2=O)cc1.I. The number of methoxy groups -OCH3 is 1. The Bertz CT molecular complexity index is 898. The van der Waals surface area contributed by atoms with Gasteiger partial charge in [0.2, 0.25) is 5.91 Å². The normalized spacial score (nSPS) is 13.5. The molecule has 7 nitrogen and oxygen atoms in total. The van der Waals surface area contributed by atoms with Crippen molar-refractivity contribution >= 4 is 47.5 Å². The first kappa shape index (κ1) is 24.6. The lowest BCUT2D eigenvalue weighted by atomic mass is 10.1. The Morgan fingerprint density at radius 3 is 2.32 bits per heavy atom. The summed E-state index contributed by atoms with van der Waals surface area (Å²) in [5.74, 6) is 0.592. The molecule has 2 aromatic carbocycles. The molecule has 2 N–H and O–H groups in total. The van der Waals surface area contributed by atoms with Crippen LogP contribution in [-0.2, 0) is 22.5 Å². The van der Waals surface area contributed by atoms with E-state index in [1.807, 2.05) is 41.3 Å². The zero-order valence-electron chi connectivity index (χ0n) is 17.9. The maximum atomic E-state index is 11.8. The molecule has 1 heterocycles. The van der Waals surface area contributed by atoms with Crippen molar-refractivity contribution in [2.75, 3.05) is 32.1 Å². The van der Waals surface area contributed by atoms with Crippen LogP contribution in [-0.4, -0.2) is 45.1 Å². The highest BCUT2D eigenvalue weighted by Gasteiger charge is 2.21. The highest BCUT2D eigenvalue weighted by molar-refractivity contribution is 14.0. The maximum Gasteiger partial charge on any atom is 0.337 e. The van der Waals surface area contributed by atoms with E-state index < -0.39 is 0 Å². The lowest BCUT2D eigenvalue weighted by Crippen LogP contribution is -2.37. The summed E-state index contributed by atoms with van der Waals surface area (Å²) >= 11 is 0. The Balaban J connectivity index is 0.00000341. The second-order valence-electron chi connectivity index (χ2n) is 7.11. The van der Waals surface area contributed by atoms with Gasteiger partial charge in [-0.2, -0.15) is 0 Å². The summed E-state index contributed by atoms with van der Waals surface area (Å²) in [6.07, 6.45) is 2.38. The molecule has 0 spiro atoms. The molecule has 0 aliphatic carbocycles. The van der Waals surface area contributed by atoms with Crippen molar-refractivity contribution in [3.8, 4) is 0 Å². The van der Waals surface area contributed by atoms with Crippen LogP contribution in [0.1, 0.15) is 34.3 Å². The molecule has 0 saturated carbocycles. The molecule has 1 amide bonds. The van der Waals surface area contributed by atoms with Gasteiger partial charge >= 0.3 is 5.97 Å². The third-order valence-electron chi connectivity index (χ3n) is 5.09. The Kier molecular flexibility index (Phi) is 9.77. The van der Waals surface area contributed by atoms with Crippen molar-refractivity contribution in [1.29, 1.82) is 0 Å². The molecule has 0 aromatic heterocycles. The first-order valence-electron chi connectivity index (χ1n) is 10.1. The first-order chi connectivity index (χ1) is 14.6. The van der Waals surface area contributed by atoms with Crippen LogP contribution in [0.25, 0.3) is 0 Å². The second-order valence-corrected chi connectivity index (χ2v) is 7.11. The van der Waals surface area contributed by atoms with Crippen LogP contribution in [0.2, 0.25) is 0 Å². The number of halogens is 1. The van der Waals surface area contributed by atoms with Crippen LogP contribution in [0.15, 0.2) is 53.5 Å². The van der Waals surface area contributed by atoms with Crippen molar-refractivity contribution in [2.24, 2.45) is 4.99 Å². The fourth-order valence-electron chi connectivity index (χ4n) is 3.37. The largest absolute Gasteiger partial charge is 0.465 e. The van der Waals surface area contributed by atoms with Gasteiger partial charge in [-0.05, 0) is 48.2 Å². The minimum atomic E-state index is -0.329. The number of nitrogens with one attached hydrogen (secondary N) is 2. The van der Waals surface area contributed by atoms with Crippen LogP contribution in [0.5, 0.6) is 0 Å². The van der Waals surface area contributed by atoms with Crippen LogP contribution in [0, 0.1) is 0 Å². The smallest absolute Gasteiger partial charge is 0.337 e. The van der Waals surface area contributed by atoms with E-state index in [9.17, 15) is 9.59 Å². The van der Waals surface area contributed by atoms with E-state index in [0.717, 1.165) is 42.2 Å². The number of ether oxygens (including phenoxy) is 1. The van der Waals surface area contributed by atoms with E-state index in [1.165, 1.54) is 7.11 Å². The number of rotatable bonds is 7. The number of anilines is 1. The Morgan fingerprint density at radius 2 is 1.74 bits per heavy atom.